The lowest BCUT2D eigenvalue weighted by Gasteiger charge is -2.34. The van der Waals surface area contributed by atoms with Crippen LogP contribution in [0.1, 0.15) is 36.8 Å². The van der Waals surface area contributed by atoms with E-state index in [0.29, 0.717) is 24.0 Å². The lowest BCUT2D eigenvalue weighted by Crippen LogP contribution is -2.41. The van der Waals surface area contributed by atoms with E-state index in [4.69, 9.17) is 4.74 Å². The molecule has 1 saturated heterocycles. The molecule has 2 aromatic rings. The third kappa shape index (κ3) is 4.27. The van der Waals surface area contributed by atoms with Crippen LogP contribution in [-0.4, -0.2) is 51.0 Å². The van der Waals surface area contributed by atoms with Crippen molar-refractivity contribution in [1.29, 1.82) is 0 Å². The second kappa shape index (κ2) is 7.98. The second-order valence-corrected chi connectivity index (χ2v) is 6.00. The third-order valence-corrected chi connectivity index (χ3v) is 4.08. The van der Waals surface area contributed by atoms with Crippen LogP contribution < -0.4 is 5.32 Å². The molecule has 1 aliphatic rings. The number of piperidine rings is 1. The Bertz CT molecular complexity index is 724. The van der Waals surface area contributed by atoms with Gasteiger partial charge in [-0.2, -0.15) is 0 Å². The first-order valence-corrected chi connectivity index (χ1v) is 8.34. The van der Waals surface area contributed by atoms with Gasteiger partial charge in [0.05, 0.1) is 12.2 Å². The predicted molar refractivity (Wildman–Crippen MR) is 92.3 cm³/mol. The monoisotopic (exact) mass is 342 g/mol. The minimum absolute atomic E-state index is 0.0271. The molecule has 8 heteroatoms. The second-order valence-electron chi connectivity index (χ2n) is 6.00. The van der Waals surface area contributed by atoms with Gasteiger partial charge in [-0.1, -0.05) is 0 Å². The number of methoxy groups -OCH3 is 1. The first-order chi connectivity index (χ1) is 12.2. The van der Waals surface area contributed by atoms with Gasteiger partial charge in [0.2, 0.25) is 5.91 Å². The summed E-state index contributed by atoms with van der Waals surface area (Å²) in [6, 6.07) is 1.72. The predicted octanol–water partition coefficient (Wildman–Crippen LogP) is 2.02. The van der Waals surface area contributed by atoms with Crippen LogP contribution in [0.5, 0.6) is 0 Å². The lowest BCUT2D eigenvalue weighted by molar-refractivity contribution is -0.139. The summed E-state index contributed by atoms with van der Waals surface area (Å²) >= 11 is 0. The number of nitrogens with zero attached hydrogens (tertiary/aromatic N) is 5. The molecule has 2 aromatic heterocycles. The Hall–Kier alpha value is -2.61. The summed E-state index contributed by atoms with van der Waals surface area (Å²) < 4.78 is 5.01. The van der Waals surface area contributed by atoms with Crippen LogP contribution in [0.25, 0.3) is 0 Å². The summed E-state index contributed by atoms with van der Waals surface area (Å²) in [7, 11) is 1.53. The first kappa shape index (κ1) is 17.2. The molecule has 1 fully saturated rings. The van der Waals surface area contributed by atoms with Crippen LogP contribution in [-0.2, 0) is 9.53 Å². The largest absolute Gasteiger partial charge is 0.375 e. The van der Waals surface area contributed by atoms with Crippen molar-refractivity contribution in [2.45, 2.75) is 32.2 Å². The van der Waals surface area contributed by atoms with Gasteiger partial charge in [-0.25, -0.2) is 15.0 Å². The number of ether oxygens (including phenoxy) is 1. The summed E-state index contributed by atoms with van der Waals surface area (Å²) in [5, 5.41) is 3.14. The van der Waals surface area contributed by atoms with Crippen LogP contribution in [0, 0.1) is 6.92 Å². The van der Waals surface area contributed by atoms with Gasteiger partial charge in [-0.05, 0) is 26.2 Å². The highest BCUT2D eigenvalue weighted by Gasteiger charge is 2.30. The number of anilines is 2. The highest BCUT2D eigenvalue weighted by molar-refractivity contribution is 5.78. The van der Waals surface area contributed by atoms with E-state index in [0.717, 1.165) is 25.0 Å². The van der Waals surface area contributed by atoms with Crippen molar-refractivity contribution in [2.24, 2.45) is 0 Å². The molecule has 0 aromatic carbocycles. The maximum absolute atomic E-state index is 12.4. The number of carbonyl (C=O) groups is 1. The molecule has 0 radical (unpaired) electrons. The molecular formula is C17H22N6O2. The fraction of sp³-hybridized carbons (Fsp3) is 0.471. The van der Waals surface area contributed by atoms with Gasteiger partial charge in [-0.3, -0.25) is 9.78 Å². The number of likely N-dealkylation sites (tertiary alicyclic amines) is 1. The van der Waals surface area contributed by atoms with Gasteiger partial charge >= 0.3 is 0 Å². The molecule has 0 spiro atoms. The van der Waals surface area contributed by atoms with E-state index >= 15 is 0 Å². The maximum atomic E-state index is 12.4. The molecule has 0 aliphatic carbocycles. The van der Waals surface area contributed by atoms with Crippen molar-refractivity contribution in [1.82, 2.24) is 24.8 Å². The zero-order valence-electron chi connectivity index (χ0n) is 14.5. The van der Waals surface area contributed by atoms with Gasteiger partial charge in [-0.15, -0.1) is 0 Å². The number of nitrogens with one attached hydrogen (secondary N) is 1. The maximum Gasteiger partial charge on any atom is 0.249 e. The Morgan fingerprint density at radius 1 is 1.32 bits per heavy atom. The number of amides is 1. The van der Waals surface area contributed by atoms with Crippen LogP contribution in [0.4, 0.5) is 11.6 Å². The van der Waals surface area contributed by atoms with E-state index in [1.54, 1.807) is 18.6 Å². The Morgan fingerprint density at radius 3 is 2.96 bits per heavy atom. The molecular weight excluding hydrogens is 320 g/mol. The van der Waals surface area contributed by atoms with Gasteiger partial charge in [0, 0.05) is 37.8 Å². The Labute approximate surface area is 146 Å². The Kier molecular flexibility index (Phi) is 5.49. The lowest BCUT2D eigenvalue weighted by atomic mass is 10.0. The molecule has 8 nitrogen and oxygen atoms in total. The van der Waals surface area contributed by atoms with Crippen LogP contribution >= 0.6 is 0 Å². The number of hydrogen-bond acceptors (Lipinski definition) is 7. The number of carbonyl (C=O) groups excluding carboxylic acids is 1. The topological polar surface area (TPSA) is 93.1 Å². The minimum atomic E-state index is -0.126. The number of aryl methyl sites for hydroxylation is 1. The van der Waals surface area contributed by atoms with E-state index in [-0.39, 0.29) is 18.6 Å². The van der Waals surface area contributed by atoms with Crippen molar-refractivity contribution < 1.29 is 9.53 Å². The highest BCUT2D eigenvalue weighted by atomic mass is 16.5. The summed E-state index contributed by atoms with van der Waals surface area (Å²) in [5.41, 5.74) is 0.834. The van der Waals surface area contributed by atoms with Gasteiger partial charge in [0.1, 0.15) is 18.2 Å². The van der Waals surface area contributed by atoms with Crippen molar-refractivity contribution in [3.05, 3.63) is 36.2 Å². The van der Waals surface area contributed by atoms with Crippen LogP contribution in [0.3, 0.4) is 0 Å². The van der Waals surface area contributed by atoms with E-state index in [2.05, 4.69) is 25.3 Å². The van der Waals surface area contributed by atoms with Gasteiger partial charge < -0.3 is 15.0 Å². The van der Waals surface area contributed by atoms with Crippen molar-refractivity contribution in [3.63, 3.8) is 0 Å². The van der Waals surface area contributed by atoms with E-state index < -0.39 is 0 Å². The zero-order valence-corrected chi connectivity index (χ0v) is 14.5. The van der Waals surface area contributed by atoms with E-state index in [1.807, 2.05) is 17.9 Å². The van der Waals surface area contributed by atoms with Crippen LogP contribution in [0.15, 0.2) is 24.7 Å². The molecule has 1 atom stereocenters. The molecule has 3 heterocycles. The van der Waals surface area contributed by atoms with Gasteiger partial charge in [0.25, 0.3) is 0 Å². The molecule has 1 aliphatic heterocycles. The third-order valence-electron chi connectivity index (χ3n) is 4.08. The SMILES string of the molecule is COCC(=O)N1CCCCC1c1nc(C)cc(Nc2cnccn2)n1. The molecule has 0 saturated carbocycles. The first-order valence-electron chi connectivity index (χ1n) is 8.34. The molecule has 0 bridgehead atoms. The Balaban J connectivity index is 1.86. The fourth-order valence-corrected chi connectivity index (χ4v) is 3.00. The quantitative estimate of drug-likeness (QED) is 0.888. The molecule has 1 amide bonds. The summed E-state index contributed by atoms with van der Waals surface area (Å²) in [5.74, 6) is 1.88. The number of rotatable bonds is 5. The summed E-state index contributed by atoms with van der Waals surface area (Å²) in [4.78, 5) is 31.6. The molecule has 1 unspecified atom stereocenters. The van der Waals surface area contributed by atoms with Crippen molar-refractivity contribution >= 4 is 17.5 Å². The van der Waals surface area contributed by atoms with Gasteiger partial charge in [0.15, 0.2) is 5.82 Å². The van der Waals surface area contributed by atoms with Crippen molar-refractivity contribution in [3.8, 4) is 0 Å². The summed E-state index contributed by atoms with van der Waals surface area (Å²) in [6.45, 7) is 2.70. The normalized spacial score (nSPS) is 17.4. The molecule has 132 valence electrons. The molecule has 1 N–H and O–H groups in total. The average Bonchev–Trinajstić information content (AvgIpc) is 2.62. The Morgan fingerprint density at radius 2 is 2.20 bits per heavy atom. The van der Waals surface area contributed by atoms with Crippen LogP contribution in [0.2, 0.25) is 0 Å². The van der Waals surface area contributed by atoms with Crippen molar-refractivity contribution in [2.75, 3.05) is 25.6 Å². The highest BCUT2D eigenvalue weighted by Crippen LogP contribution is 2.30. The fourth-order valence-electron chi connectivity index (χ4n) is 3.00. The summed E-state index contributed by atoms with van der Waals surface area (Å²) in [6.07, 6.45) is 7.75. The van der Waals surface area contributed by atoms with E-state index in [9.17, 15) is 4.79 Å². The smallest absolute Gasteiger partial charge is 0.249 e. The standard InChI is InChI=1S/C17H22N6O2/c1-12-9-14(21-15-10-18-6-7-19-15)22-17(20-12)13-5-3-4-8-23(13)16(24)11-25-2/h6-7,9-10,13H,3-5,8,11H2,1-2H3,(H,19,20,21,22). The number of aromatic nitrogens is 4. The zero-order chi connectivity index (χ0) is 17.6. The number of hydrogen-bond donors (Lipinski definition) is 1. The average molecular weight is 342 g/mol. The molecule has 3 rings (SSSR count). The minimum Gasteiger partial charge on any atom is -0.375 e. The van der Waals surface area contributed by atoms with E-state index in [1.165, 1.54) is 7.11 Å². The molecule has 25 heavy (non-hydrogen) atoms.